The van der Waals surface area contributed by atoms with Crippen LogP contribution in [-0.2, 0) is 4.74 Å². The molecule has 4 heterocycles. The molecule has 2 atom stereocenters. The van der Waals surface area contributed by atoms with Gasteiger partial charge in [-0.05, 0) is 46.6 Å². The number of likely N-dealkylation sites (tertiary alicyclic amines) is 1. The maximum atomic E-state index is 14.5. The van der Waals surface area contributed by atoms with Gasteiger partial charge < -0.3 is 19.9 Å². The van der Waals surface area contributed by atoms with E-state index >= 15 is 0 Å². The molecule has 4 rings (SSSR count). The summed E-state index contributed by atoms with van der Waals surface area (Å²) in [5.41, 5.74) is -0.266. The molecule has 0 radical (unpaired) electrons. The Bertz CT molecular complexity index is 844. The van der Waals surface area contributed by atoms with Crippen molar-refractivity contribution < 1.29 is 13.9 Å². The van der Waals surface area contributed by atoms with Crippen LogP contribution in [0.5, 0.6) is 0 Å². The van der Waals surface area contributed by atoms with Gasteiger partial charge in [-0.3, -0.25) is 4.90 Å². The quantitative estimate of drug-likeness (QED) is 0.724. The van der Waals surface area contributed by atoms with Crippen molar-refractivity contribution in [2.75, 3.05) is 49.6 Å². The number of anilines is 2. The van der Waals surface area contributed by atoms with Gasteiger partial charge in [-0.2, -0.15) is 0 Å². The highest BCUT2D eigenvalue weighted by Gasteiger charge is 2.51. The third kappa shape index (κ3) is 4.46. The van der Waals surface area contributed by atoms with E-state index < -0.39 is 17.8 Å². The summed E-state index contributed by atoms with van der Waals surface area (Å²) in [6.07, 6.45) is 2.27. The Morgan fingerprint density at radius 3 is 2.69 bits per heavy atom. The van der Waals surface area contributed by atoms with Crippen molar-refractivity contribution in [1.82, 2.24) is 20.0 Å². The van der Waals surface area contributed by atoms with Crippen LogP contribution < -0.4 is 10.2 Å². The number of fused-ring (bicyclic) bond motifs is 3. The second kappa shape index (κ2) is 8.82. The van der Waals surface area contributed by atoms with Crippen LogP contribution in [0.3, 0.4) is 0 Å². The molecule has 3 aliphatic rings. The van der Waals surface area contributed by atoms with Gasteiger partial charge in [-0.1, -0.05) is 18.5 Å². The van der Waals surface area contributed by atoms with Crippen molar-refractivity contribution in [3.05, 3.63) is 11.2 Å². The molecule has 10 heteroatoms. The lowest BCUT2D eigenvalue weighted by Crippen LogP contribution is -2.54. The second-order valence-corrected chi connectivity index (χ2v) is 10.5. The number of halogens is 2. The van der Waals surface area contributed by atoms with E-state index in [-0.39, 0.29) is 12.1 Å². The predicted octanol–water partition coefficient (Wildman–Crippen LogP) is 3.56. The number of alkyl halides is 1. The van der Waals surface area contributed by atoms with Crippen LogP contribution in [0, 0.1) is 0 Å². The fourth-order valence-corrected chi connectivity index (χ4v) is 5.54. The van der Waals surface area contributed by atoms with Crippen molar-refractivity contribution >= 4 is 29.2 Å². The van der Waals surface area contributed by atoms with E-state index in [9.17, 15) is 9.18 Å². The molecule has 178 valence electrons. The first-order valence-electron chi connectivity index (χ1n) is 11.5. The normalized spacial score (nSPS) is 26.0. The Kier molecular flexibility index (Phi) is 6.42. The Morgan fingerprint density at radius 1 is 1.34 bits per heavy atom. The molecular formula is C22H34ClFN6O2. The first-order valence-corrected chi connectivity index (χ1v) is 11.9. The van der Waals surface area contributed by atoms with Crippen LogP contribution >= 0.6 is 11.6 Å². The number of hydrogen-bond donors (Lipinski definition) is 1. The van der Waals surface area contributed by atoms with E-state index in [1.807, 2.05) is 20.8 Å². The predicted molar refractivity (Wildman–Crippen MR) is 123 cm³/mol. The maximum absolute atomic E-state index is 14.5. The zero-order chi connectivity index (χ0) is 23.1. The van der Waals surface area contributed by atoms with E-state index in [1.165, 1.54) is 0 Å². The van der Waals surface area contributed by atoms with Crippen molar-refractivity contribution in [1.29, 1.82) is 0 Å². The summed E-state index contributed by atoms with van der Waals surface area (Å²) < 4.78 is 20.0. The topological polar surface area (TPSA) is 73.8 Å². The molecular weight excluding hydrogens is 435 g/mol. The van der Waals surface area contributed by atoms with Crippen LogP contribution in [0.15, 0.2) is 6.07 Å². The minimum Gasteiger partial charge on any atom is -0.444 e. The summed E-state index contributed by atoms with van der Waals surface area (Å²) in [5.74, 6) is 0.660. The zero-order valence-electron chi connectivity index (χ0n) is 19.4. The lowest BCUT2D eigenvalue weighted by Gasteiger charge is -2.42. The van der Waals surface area contributed by atoms with E-state index in [2.05, 4.69) is 32.2 Å². The molecule has 0 saturated carbocycles. The van der Waals surface area contributed by atoms with Gasteiger partial charge in [0.25, 0.3) is 0 Å². The van der Waals surface area contributed by atoms with E-state index in [4.69, 9.17) is 16.3 Å². The van der Waals surface area contributed by atoms with Crippen molar-refractivity contribution in [2.24, 2.45) is 0 Å². The largest absolute Gasteiger partial charge is 0.444 e. The number of amides is 1. The van der Waals surface area contributed by atoms with Gasteiger partial charge in [0, 0.05) is 44.3 Å². The standard InChI is InChI=1S/C22H34ClFN6O2/c1-5-29(15-6-8-28(9-7-15)20(31)32-21(2,3)4)16-11-22(13-24)14-25-19-17(30(22)12-16)10-18(23)26-27-19/h10,15-16H,5-9,11-14H2,1-4H3,(H,25,27)/t16-,22+/m1/s1. The molecule has 3 aliphatic heterocycles. The van der Waals surface area contributed by atoms with Crippen LogP contribution in [0.2, 0.25) is 5.15 Å². The molecule has 1 aromatic heterocycles. The fourth-order valence-electron chi connectivity index (χ4n) is 5.40. The minimum atomic E-state index is -0.603. The molecule has 2 fully saturated rings. The van der Waals surface area contributed by atoms with Gasteiger partial charge in [0.1, 0.15) is 12.3 Å². The van der Waals surface area contributed by atoms with E-state index in [1.54, 1.807) is 11.0 Å². The second-order valence-electron chi connectivity index (χ2n) is 10.1. The first-order chi connectivity index (χ1) is 15.2. The number of rotatable bonds is 4. The summed E-state index contributed by atoms with van der Waals surface area (Å²) >= 11 is 6.11. The molecule has 1 amide bonds. The third-order valence-corrected chi connectivity index (χ3v) is 7.05. The molecule has 0 spiro atoms. The summed E-state index contributed by atoms with van der Waals surface area (Å²) in [5, 5.41) is 11.6. The van der Waals surface area contributed by atoms with Crippen LogP contribution in [-0.4, -0.2) is 88.7 Å². The summed E-state index contributed by atoms with van der Waals surface area (Å²) in [4.78, 5) is 18.9. The molecule has 2 saturated heterocycles. The van der Waals surface area contributed by atoms with Crippen molar-refractivity contribution in [2.45, 2.75) is 70.2 Å². The number of ether oxygens (including phenoxy) is 1. The highest BCUT2D eigenvalue weighted by Crippen LogP contribution is 2.44. The lowest BCUT2D eigenvalue weighted by molar-refractivity contribution is 0.0118. The van der Waals surface area contributed by atoms with Gasteiger partial charge in [-0.25, -0.2) is 9.18 Å². The van der Waals surface area contributed by atoms with E-state index in [0.717, 1.165) is 38.0 Å². The maximum Gasteiger partial charge on any atom is 0.410 e. The summed E-state index contributed by atoms with van der Waals surface area (Å²) in [6.45, 7) is 10.8. The molecule has 0 unspecified atom stereocenters. The monoisotopic (exact) mass is 468 g/mol. The number of carbonyl (C=O) groups is 1. The van der Waals surface area contributed by atoms with E-state index in [0.29, 0.717) is 36.6 Å². The smallest absolute Gasteiger partial charge is 0.410 e. The SMILES string of the molecule is CCN(C1CCN(C(=O)OC(C)(C)C)CC1)[C@H]1CN2c3cc(Cl)nnc3NC[C@@]2(CF)C1. The molecule has 1 aromatic rings. The van der Waals surface area contributed by atoms with Gasteiger partial charge >= 0.3 is 6.09 Å². The number of piperidine rings is 1. The highest BCUT2D eigenvalue weighted by molar-refractivity contribution is 6.29. The first kappa shape index (κ1) is 23.3. The van der Waals surface area contributed by atoms with Crippen LogP contribution in [0.4, 0.5) is 20.7 Å². The average molecular weight is 469 g/mol. The number of carbonyl (C=O) groups excluding carboxylic acids is 1. The number of hydrogen-bond acceptors (Lipinski definition) is 7. The van der Waals surface area contributed by atoms with Crippen molar-refractivity contribution in [3.8, 4) is 0 Å². The molecule has 1 N–H and O–H groups in total. The van der Waals surface area contributed by atoms with Crippen LogP contribution in [0.1, 0.15) is 47.0 Å². The summed E-state index contributed by atoms with van der Waals surface area (Å²) in [6, 6.07) is 2.35. The van der Waals surface area contributed by atoms with Gasteiger partial charge in [0.15, 0.2) is 11.0 Å². The number of nitrogens with one attached hydrogen (secondary N) is 1. The van der Waals surface area contributed by atoms with Gasteiger partial charge in [0.05, 0.1) is 11.2 Å². The van der Waals surface area contributed by atoms with Crippen molar-refractivity contribution in [3.63, 3.8) is 0 Å². The number of likely N-dealkylation sites (N-methyl/N-ethyl adjacent to an activating group) is 1. The summed E-state index contributed by atoms with van der Waals surface area (Å²) in [7, 11) is 0. The Morgan fingerprint density at radius 2 is 2.06 bits per heavy atom. The van der Waals surface area contributed by atoms with Gasteiger partial charge in [-0.15, -0.1) is 10.2 Å². The molecule has 0 aliphatic carbocycles. The van der Waals surface area contributed by atoms with Crippen LogP contribution in [0.25, 0.3) is 0 Å². The minimum absolute atomic E-state index is 0.216. The average Bonchev–Trinajstić information content (AvgIpc) is 3.14. The molecule has 8 nitrogen and oxygen atoms in total. The Balaban J connectivity index is 1.45. The zero-order valence-corrected chi connectivity index (χ0v) is 20.2. The highest BCUT2D eigenvalue weighted by atomic mass is 35.5. The number of nitrogens with zero attached hydrogens (tertiary/aromatic N) is 5. The van der Waals surface area contributed by atoms with Gasteiger partial charge in [0.2, 0.25) is 0 Å². The Labute approximate surface area is 194 Å². The third-order valence-electron chi connectivity index (χ3n) is 6.87. The molecule has 32 heavy (non-hydrogen) atoms. The Hall–Kier alpha value is -1.87. The lowest BCUT2D eigenvalue weighted by atomic mass is 9.92. The molecule has 0 bridgehead atoms. The number of aromatic nitrogens is 2. The molecule has 0 aromatic carbocycles. The fraction of sp³-hybridized carbons (Fsp3) is 0.773.